The van der Waals surface area contributed by atoms with Crippen LogP contribution in [0.2, 0.25) is 0 Å². The molecule has 0 saturated heterocycles. The van der Waals surface area contributed by atoms with Gasteiger partial charge in [-0.25, -0.2) is 8.78 Å². The van der Waals surface area contributed by atoms with E-state index in [9.17, 15) is 18.4 Å². The minimum atomic E-state index is -0.377. The minimum absolute atomic E-state index is 0.100. The monoisotopic (exact) mass is 335 g/mol. The number of Topliss-reactive ketones (excluding diaryl/α,β-unsaturated/α-hetero) is 1. The summed E-state index contributed by atoms with van der Waals surface area (Å²) in [4.78, 5) is 23.7. The lowest BCUT2D eigenvalue weighted by Gasteiger charge is -2.05. The van der Waals surface area contributed by atoms with Crippen molar-refractivity contribution in [1.29, 1.82) is 0 Å². The SMILES string of the molecule is Cc1cc(C(=O)CSCC(=O)Nc2ccc(F)cc2)ccc1F. The molecule has 0 spiro atoms. The quantitative estimate of drug-likeness (QED) is 0.816. The van der Waals surface area contributed by atoms with Gasteiger partial charge in [0.05, 0.1) is 11.5 Å². The number of anilines is 1. The maximum Gasteiger partial charge on any atom is 0.234 e. The molecule has 2 rings (SSSR count). The largest absolute Gasteiger partial charge is 0.325 e. The van der Waals surface area contributed by atoms with Crippen LogP contribution in [0, 0.1) is 18.6 Å². The van der Waals surface area contributed by atoms with Crippen LogP contribution >= 0.6 is 11.8 Å². The lowest BCUT2D eigenvalue weighted by atomic mass is 10.1. The summed E-state index contributed by atoms with van der Waals surface area (Å²) in [5, 5.41) is 2.61. The van der Waals surface area contributed by atoms with Crippen LogP contribution in [0.25, 0.3) is 0 Å². The number of carbonyl (C=O) groups excluding carboxylic acids is 2. The number of hydrogen-bond acceptors (Lipinski definition) is 3. The first-order chi connectivity index (χ1) is 11.0. The number of ketones is 1. The summed E-state index contributed by atoms with van der Waals surface area (Å²) in [6.07, 6.45) is 0. The van der Waals surface area contributed by atoms with Crippen molar-refractivity contribution in [3.05, 3.63) is 65.2 Å². The molecular formula is C17H15F2NO2S. The Morgan fingerprint density at radius 1 is 1.04 bits per heavy atom. The number of thioether (sulfide) groups is 1. The fraction of sp³-hybridized carbons (Fsp3) is 0.176. The van der Waals surface area contributed by atoms with E-state index < -0.39 is 0 Å². The van der Waals surface area contributed by atoms with Crippen molar-refractivity contribution in [3.8, 4) is 0 Å². The van der Waals surface area contributed by atoms with Gasteiger partial charge in [0.25, 0.3) is 0 Å². The maximum atomic E-state index is 13.2. The number of rotatable bonds is 6. The molecule has 1 amide bonds. The van der Waals surface area contributed by atoms with E-state index in [4.69, 9.17) is 0 Å². The van der Waals surface area contributed by atoms with E-state index in [2.05, 4.69) is 5.32 Å². The molecule has 0 aliphatic carbocycles. The number of benzene rings is 2. The summed E-state index contributed by atoms with van der Waals surface area (Å²) < 4.78 is 25.9. The minimum Gasteiger partial charge on any atom is -0.325 e. The van der Waals surface area contributed by atoms with Gasteiger partial charge in [-0.15, -0.1) is 11.8 Å². The predicted octanol–water partition coefficient (Wildman–Crippen LogP) is 3.83. The molecule has 23 heavy (non-hydrogen) atoms. The smallest absolute Gasteiger partial charge is 0.234 e. The van der Waals surface area contributed by atoms with Crippen LogP contribution < -0.4 is 5.32 Å². The molecule has 0 bridgehead atoms. The molecule has 2 aromatic carbocycles. The number of aryl methyl sites for hydroxylation is 1. The van der Waals surface area contributed by atoms with Gasteiger partial charge in [0.15, 0.2) is 5.78 Å². The topological polar surface area (TPSA) is 46.2 Å². The number of amides is 1. The Hall–Kier alpha value is -2.21. The first-order valence-corrected chi connectivity index (χ1v) is 8.03. The maximum absolute atomic E-state index is 13.2. The van der Waals surface area contributed by atoms with Gasteiger partial charge in [-0.2, -0.15) is 0 Å². The van der Waals surface area contributed by atoms with Gasteiger partial charge < -0.3 is 5.32 Å². The van der Waals surface area contributed by atoms with Gasteiger partial charge in [-0.05, 0) is 55.0 Å². The van der Waals surface area contributed by atoms with Crippen LogP contribution in [0.1, 0.15) is 15.9 Å². The third-order valence-electron chi connectivity index (χ3n) is 3.07. The van der Waals surface area contributed by atoms with Crippen molar-refractivity contribution in [1.82, 2.24) is 0 Å². The molecule has 6 heteroatoms. The normalized spacial score (nSPS) is 10.4. The van der Waals surface area contributed by atoms with Crippen LogP contribution in [0.3, 0.4) is 0 Å². The molecule has 1 N–H and O–H groups in total. The highest BCUT2D eigenvalue weighted by Gasteiger charge is 2.10. The van der Waals surface area contributed by atoms with E-state index in [1.807, 2.05) is 0 Å². The molecule has 0 atom stereocenters. The molecule has 0 saturated carbocycles. The van der Waals surface area contributed by atoms with Crippen molar-refractivity contribution in [3.63, 3.8) is 0 Å². The number of nitrogens with one attached hydrogen (secondary N) is 1. The Bertz CT molecular complexity index is 717. The van der Waals surface area contributed by atoms with Crippen LogP contribution in [-0.2, 0) is 4.79 Å². The highest BCUT2D eigenvalue weighted by atomic mass is 32.2. The molecule has 0 unspecified atom stereocenters. The molecule has 120 valence electrons. The van der Waals surface area contributed by atoms with Crippen molar-refractivity contribution in [2.75, 3.05) is 16.8 Å². The Morgan fingerprint density at radius 3 is 2.39 bits per heavy atom. The van der Waals surface area contributed by atoms with Gasteiger partial charge >= 0.3 is 0 Å². The van der Waals surface area contributed by atoms with Crippen molar-refractivity contribution < 1.29 is 18.4 Å². The van der Waals surface area contributed by atoms with Crippen LogP contribution in [0.15, 0.2) is 42.5 Å². The van der Waals surface area contributed by atoms with E-state index in [0.29, 0.717) is 16.8 Å². The average molecular weight is 335 g/mol. The molecule has 0 aromatic heterocycles. The van der Waals surface area contributed by atoms with E-state index in [1.165, 1.54) is 54.2 Å². The van der Waals surface area contributed by atoms with E-state index >= 15 is 0 Å². The predicted molar refractivity (Wildman–Crippen MR) is 87.8 cm³/mol. The highest BCUT2D eigenvalue weighted by Crippen LogP contribution is 2.13. The van der Waals surface area contributed by atoms with E-state index in [-0.39, 0.29) is 34.8 Å². The average Bonchev–Trinajstić information content (AvgIpc) is 2.52. The Morgan fingerprint density at radius 2 is 1.74 bits per heavy atom. The van der Waals surface area contributed by atoms with E-state index in [1.54, 1.807) is 6.92 Å². The summed E-state index contributed by atoms with van der Waals surface area (Å²) in [5.41, 5.74) is 1.34. The zero-order valence-corrected chi connectivity index (χ0v) is 13.3. The van der Waals surface area contributed by atoms with Gasteiger partial charge in [0, 0.05) is 11.3 Å². The second-order valence-electron chi connectivity index (χ2n) is 4.94. The second kappa shape index (κ2) is 7.87. The van der Waals surface area contributed by atoms with E-state index in [0.717, 1.165) is 0 Å². The second-order valence-corrected chi connectivity index (χ2v) is 5.92. The summed E-state index contributed by atoms with van der Waals surface area (Å²) in [6.45, 7) is 1.59. The summed E-state index contributed by atoms with van der Waals surface area (Å²) >= 11 is 1.17. The lowest BCUT2D eigenvalue weighted by Crippen LogP contribution is -2.15. The van der Waals surface area contributed by atoms with Gasteiger partial charge in [-0.1, -0.05) is 0 Å². The van der Waals surface area contributed by atoms with Crippen LogP contribution in [0.4, 0.5) is 14.5 Å². The van der Waals surface area contributed by atoms with Crippen LogP contribution in [0.5, 0.6) is 0 Å². The third kappa shape index (κ3) is 5.17. The van der Waals surface area contributed by atoms with Crippen molar-refractivity contribution in [2.45, 2.75) is 6.92 Å². The van der Waals surface area contributed by atoms with Crippen LogP contribution in [-0.4, -0.2) is 23.2 Å². The Balaban J connectivity index is 1.79. The van der Waals surface area contributed by atoms with Gasteiger partial charge in [0.2, 0.25) is 5.91 Å². The summed E-state index contributed by atoms with van der Waals surface area (Å²) in [7, 11) is 0. The molecule has 0 heterocycles. The Labute approximate surface area is 137 Å². The highest BCUT2D eigenvalue weighted by molar-refractivity contribution is 8.00. The molecule has 3 nitrogen and oxygen atoms in total. The molecule has 2 aromatic rings. The zero-order valence-electron chi connectivity index (χ0n) is 12.4. The van der Waals surface area contributed by atoms with Crippen molar-refractivity contribution in [2.24, 2.45) is 0 Å². The molecule has 0 aliphatic heterocycles. The van der Waals surface area contributed by atoms with Crippen molar-refractivity contribution >= 4 is 29.1 Å². The third-order valence-corrected chi connectivity index (χ3v) is 4.01. The van der Waals surface area contributed by atoms with Gasteiger partial charge in [-0.3, -0.25) is 9.59 Å². The number of hydrogen-bond donors (Lipinski definition) is 1. The molecular weight excluding hydrogens is 320 g/mol. The number of carbonyl (C=O) groups is 2. The fourth-order valence-corrected chi connectivity index (χ4v) is 2.58. The first-order valence-electron chi connectivity index (χ1n) is 6.88. The number of halogens is 2. The zero-order chi connectivity index (χ0) is 16.8. The summed E-state index contributed by atoms with van der Waals surface area (Å²) in [6, 6.07) is 9.62. The molecule has 0 radical (unpaired) electrons. The Kier molecular flexibility index (Phi) is 5.87. The molecule has 0 aliphatic rings. The summed E-state index contributed by atoms with van der Waals surface area (Å²) in [5.74, 6) is -0.937. The first kappa shape index (κ1) is 17.1. The molecule has 0 fully saturated rings. The lowest BCUT2D eigenvalue weighted by molar-refractivity contribution is -0.113. The fourth-order valence-electron chi connectivity index (χ4n) is 1.87. The van der Waals surface area contributed by atoms with Gasteiger partial charge in [0.1, 0.15) is 11.6 Å². The standard InChI is InChI=1S/C17H15F2NO2S/c1-11-8-12(2-7-15(11)19)16(21)9-23-10-17(22)20-14-5-3-13(18)4-6-14/h2-8H,9-10H2,1H3,(H,20,22).